The molecule has 0 atom stereocenters. The summed E-state index contributed by atoms with van der Waals surface area (Å²) in [5, 5.41) is 5.58. The minimum Gasteiger partial charge on any atom is -0.370 e. The number of carbonyl (C=O) groups is 3. The van der Waals surface area contributed by atoms with Crippen LogP contribution in [0.15, 0.2) is 54.6 Å². The molecule has 4 N–H and O–H groups in total. The summed E-state index contributed by atoms with van der Waals surface area (Å²) < 4.78 is 0. The van der Waals surface area contributed by atoms with Gasteiger partial charge in [0.1, 0.15) is 0 Å². The highest BCUT2D eigenvalue weighted by molar-refractivity contribution is 6.06. The number of para-hydroxylation sites is 1. The van der Waals surface area contributed by atoms with Crippen molar-refractivity contribution in [1.82, 2.24) is 5.32 Å². The third kappa shape index (κ3) is 5.31. The van der Waals surface area contributed by atoms with Gasteiger partial charge in [0.15, 0.2) is 0 Å². The van der Waals surface area contributed by atoms with Crippen LogP contribution < -0.4 is 21.3 Å². The zero-order chi connectivity index (χ0) is 19.2. The van der Waals surface area contributed by atoms with Crippen LogP contribution in [-0.4, -0.2) is 30.4 Å². The van der Waals surface area contributed by atoms with E-state index in [0.717, 1.165) is 12.8 Å². The minimum absolute atomic E-state index is 0.0710. The second kappa shape index (κ2) is 8.35. The highest BCUT2D eigenvalue weighted by Gasteiger charge is 2.23. The minimum atomic E-state index is -0.468. The lowest BCUT2D eigenvalue weighted by Crippen LogP contribution is -2.34. The Hall–Kier alpha value is -3.35. The number of rotatable bonds is 7. The summed E-state index contributed by atoms with van der Waals surface area (Å²) >= 11 is 0. The van der Waals surface area contributed by atoms with Crippen LogP contribution in [0.25, 0.3) is 0 Å². The van der Waals surface area contributed by atoms with Gasteiger partial charge < -0.3 is 21.3 Å². The van der Waals surface area contributed by atoms with Crippen molar-refractivity contribution in [2.45, 2.75) is 25.3 Å². The summed E-state index contributed by atoms with van der Waals surface area (Å²) in [6.07, 6.45) is 2.10. The lowest BCUT2D eigenvalue weighted by molar-refractivity contribution is -0.117. The third-order valence-corrected chi connectivity index (χ3v) is 4.20. The Bertz CT molecular complexity index is 817. The van der Waals surface area contributed by atoms with Crippen molar-refractivity contribution in [2.75, 3.05) is 16.8 Å². The molecule has 1 aliphatic rings. The number of hydrogen-bond donors (Lipinski definition) is 3. The van der Waals surface area contributed by atoms with Gasteiger partial charge in [0.2, 0.25) is 5.91 Å². The molecular weight excluding hydrogens is 344 g/mol. The SMILES string of the molecule is NC(=O)CCN(C(=O)c1ccc(NC(=O)NC2CC2)cc1)c1ccccc1. The number of carbonyl (C=O) groups excluding carboxylic acids is 3. The van der Waals surface area contributed by atoms with E-state index in [4.69, 9.17) is 5.73 Å². The predicted octanol–water partition coefficient (Wildman–Crippen LogP) is 2.49. The average Bonchev–Trinajstić information content (AvgIpc) is 3.47. The Morgan fingerprint density at radius 3 is 2.26 bits per heavy atom. The predicted molar refractivity (Wildman–Crippen MR) is 104 cm³/mol. The first-order valence-electron chi connectivity index (χ1n) is 8.86. The first-order valence-corrected chi connectivity index (χ1v) is 8.86. The molecule has 1 fully saturated rings. The second-order valence-electron chi connectivity index (χ2n) is 6.46. The van der Waals surface area contributed by atoms with Crippen LogP contribution in [0, 0.1) is 0 Å². The standard InChI is InChI=1S/C20H22N4O3/c21-18(25)12-13-24(17-4-2-1-3-5-17)19(26)14-6-8-15(9-7-14)22-20(27)23-16-10-11-16/h1-9,16H,10-13H2,(H2,21,25)(H2,22,23,27). The molecule has 0 spiro atoms. The van der Waals surface area contributed by atoms with Crippen molar-refractivity contribution in [3.8, 4) is 0 Å². The van der Waals surface area contributed by atoms with Gasteiger partial charge in [0, 0.05) is 35.9 Å². The van der Waals surface area contributed by atoms with Crippen LogP contribution in [-0.2, 0) is 4.79 Å². The van der Waals surface area contributed by atoms with E-state index >= 15 is 0 Å². The highest BCUT2D eigenvalue weighted by Crippen LogP contribution is 2.20. The fourth-order valence-corrected chi connectivity index (χ4v) is 2.61. The molecule has 7 nitrogen and oxygen atoms in total. The topological polar surface area (TPSA) is 105 Å². The highest BCUT2D eigenvalue weighted by atomic mass is 16.2. The van der Waals surface area contributed by atoms with Crippen LogP contribution in [0.1, 0.15) is 29.6 Å². The fraction of sp³-hybridized carbons (Fsp3) is 0.250. The van der Waals surface area contributed by atoms with E-state index in [1.165, 1.54) is 4.90 Å². The van der Waals surface area contributed by atoms with Crippen LogP contribution in [0.2, 0.25) is 0 Å². The molecule has 0 aliphatic heterocycles. The molecule has 2 aromatic rings. The summed E-state index contributed by atoms with van der Waals surface area (Å²) in [5.74, 6) is -0.707. The number of amides is 4. The van der Waals surface area contributed by atoms with Gasteiger partial charge in [-0.15, -0.1) is 0 Å². The van der Waals surface area contributed by atoms with Crippen molar-refractivity contribution in [1.29, 1.82) is 0 Å². The van der Waals surface area contributed by atoms with Gasteiger partial charge in [-0.25, -0.2) is 4.79 Å². The molecule has 0 aromatic heterocycles. The van der Waals surface area contributed by atoms with E-state index in [-0.39, 0.29) is 30.9 Å². The van der Waals surface area contributed by atoms with Crippen LogP contribution >= 0.6 is 0 Å². The molecule has 0 heterocycles. The molecule has 27 heavy (non-hydrogen) atoms. The molecule has 0 saturated heterocycles. The van der Waals surface area contributed by atoms with Crippen molar-refractivity contribution < 1.29 is 14.4 Å². The normalized spacial score (nSPS) is 12.9. The van der Waals surface area contributed by atoms with Gasteiger partial charge in [-0.3, -0.25) is 9.59 Å². The summed E-state index contributed by atoms with van der Waals surface area (Å²) in [6.45, 7) is 0.196. The number of hydrogen-bond acceptors (Lipinski definition) is 3. The molecule has 1 saturated carbocycles. The molecule has 3 rings (SSSR count). The van der Waals surface area contributed by atoms with Crippen LogP contribution in [0.3, 0.4) is 0 Å². The number of primary amides is 1. The molecule has 7 heteroatoms. The smallest absolute Gasteiger partial charge is 0.319 e. The molecule has 0 radical (unpaired) electrons. The van der Waals surface area contributed by atoms with Crippen molar-refractivity contribution in [3.05, 3.63) is 60.2 Å². The third-order valence-electron chi connectivity index (χ3n) is 4.20. The summed E-state index contributed by atoms with van der Waals surface area (Å²) in [6, 6.07) is 15.8. The van der Waals surface area contributed by atoms with E-state index in [1.54, 1.807) is 36.4 Å². The van der Waals surface area contributed by atoms with E-state index in [1.807, 2.05) is 18.2 Å². The Balaban J connectivity index is 1.70. The van der Waals surface area contributed by atoms with E-state index < -0.39 is 5.91 Å². The Kier molecular flexibility index (Phi) is 5.71. The number of nitrogens with zero attached hydrogens (tertiary/aromatic N) is 1. The van der Waals surface area contributed by atoms with E-state index in [2.05, 4.69) is 10.6 Å². The van der Waals surface area contributed by atoms with Gasteiger partial charge in [-0.1, -0.05) is 18.2 Å². The molecule has 2 aromatic carbocycles. The van der Waals surface area contributed by atoms with E-state index in [0.29, 0.717) is 16.9 Å². The average molecular weight is 366 g/mol. The summed E-state index contributed by atoms with van der Waals surface area (Å²) in [5.41, 5.74) is 6.99. The number of benzene rings is 2. The maximum Gasteiger partial charge on any atom is 0.319 e. The Morgan fingerprint density at radius 2 is 1.67 bits per heavy atom. The number of anilines is 2. The zero-order valence-corrected chi connectivity index (χ0v) is 14.9. The molecule has 4 amide bonds. The lowest BCUT2D eigenvalue weighted by atomic mass is 10.1. The lowest BCUT2D eigenvalue weighted by Gasteiger charge is -2.22. The number of nitrogens with two attached hydrogens (primary N) is 1. The van der Waals surface area contributed by atoms with Gasteiger partial charge in [-0.05, 0) is 49.2 Å². The molecular formula is C20H22N4O3. The van der Waals surface area contributed by atoms with Crippen LogP contribution in [0.4, 0.5) is 16.2 Å². The number of urea groups is 1. The molecule has 140 valence electrons. The van der Waals surface area contributed by atoms with Gasteiger partial charge in [-0.2, -0.15) is 0 Å². The fourth-order valence-electron chi connectivity index (χ4n) is 2.61. The van der Waals surface area contributed by atoms with Crippen molar-refractivity contribution in [3.63, 3.8) is 0 Å². The van der Waals surface area contributed by atoms with Crippen molar-refractivity contribution >= 4 is 29.2 Å². The first kappa shape index (κ1) is 18.4. The Morgan fingerprint density at radius 1 is 1.00 bits per heavy atom. The monoisotopic (exact) mass is 366 g/mol. The number of nitrogens with one attached hydrogen (secondary N) is 2. The summed E-state index contributed by atoms with van der Waals surface area (Å²) in [4.78, 5) is 37.4. The van der Waals surface area contributed by atoms with Gasteiger partial charge in [0.25, 0.3) is 5.91 Å². The molecule has 0 unspecified atom stereocenters. The zero-order valence-electron chi connectivity index (χ0n) is 14.9. The Labute approximate surface area is 157 Å². The maximum atomic E-state index is 12.9. The van der Waals surface area contributed by atoms with Crippen LogP contribution in [0.5, 0.6) is 0 Å². The maximum absolute atomic E-state index is 12.9. The van der Waals surface area contributed by atoms with Gasteiger partial charge in [0.05, 0.1) is 0 Å². The largest absolute Gasteiger partial charge is 0.370 e. The second-order valence-corrected chi connectivity index (χ2v) is 6.46. The van der Waals surface area contributed by atoms with Gasteiger partial charge >= 0.3 is 6.03 Å². The molecule has 1 aliphatic carbocycles. The van der Waals surface area contributed by atoms with E-state index in [9.17, 15) is 14.4 Å². The summed E-state index contributed by atoms with van der Waals surface area (Å²) in [7, 11) is 0. The first-order chi connectivity index (χ1) is 13.0. The van der Waals surface area contributed by atoms with Crippen molar-refractivity contribution in [2.24, 2.45) is 5.73 Å². The molecule has 0 bridgehead atoms. The quantitative estimate of drug-likeness (QED) is 0.701.